The molecule has 2 saturated heterocycles. The molecule has 0 N–H and O–H groups in total. The third-order valence-electron chi connectivity index (χ3n) is 6.59. The number of hydrogen-bond acceptors (Lipinski definition) is 4. The number of nitrogens with zero attached hydrogens (tertiary/aromatic N) is 5. The Balaban J connectivity index is 1.31. The summed E-state index contributed by atoms with van der Waals surface area (Å²) < 4.78 is 1.80. The number of carbonyl (C=O) groups is 1. The predicted octanol–water partition coefficient (Wildman–Crippen LogP) is 3.39. The van der Waals surface area contributed by atoms with Gasteiger partial charge in [0.05, 0.1) is 11.4 Å². The van der Waals surface area contributed by atoms with Crippen molar-refractivity contribution >= 4 is 5.91 Å². The zero-order valence-corrected chi connectivity index (χ0v) is 18.6. The number of aromatic nitrogens is 2. The lowest BCUT2D eigenvalue weighted by Crippen LogP contribution is -2.50. The van der Waals surface area contributed by atoms with E-state index in [0.29, 0.717) is 5.69 Å². The Morgan fingerprint density at radius 1 is 0.750 bits per heavy atom. The third-order valence-corrected chi connectivity index (χ3v) is 6.59. The fourth-order valence-electron chi connectivity index (χ4n) is 4.68. The van der Waals surface area contributed by atoms with E-state index in [1.807, 2.05) is 71.6 Å². The molecule has 2 aromatic carbocycles. The van der Waals surface area contributed by atoms with Gasteiger partial charge in [-0.3, -0.25) is 9.69 Å². The van der Waals surface area contributed by atoms with Crippen molar-refractivity contribution in [1.29, 1.82) is 0 Å². The van der Waals surface area contributed by atoms with Gasteiger partial charge in [0.2, 0.25) is 0 Å². The maximum Gasteiger partial charge on any atom is 0.272 e. The molecule has 5 rings (SSSR count). The minimum Gasteiger partial charge on any atom is -0.335 e. The summed E-state index contributed by atoms with van der Waals surface area (Å²) in [5, 5.41) is 4.81. The normalized spacial score (nSPS) is 17.7. The first-order chi connectivity index (χ1) is 15.8. The van der Waals surface area contributed by atoms with Crippen LogP contribution in [0.1, 0.15) is 23.3 Å². The smallest absolute Gasteiger partial charge is 0.272 e. The molecule has 6 heteroatoms. The lowest BCUT2D eigenvalue weighted by Gasteiger charge is -2.35. The molecule has 6 nitrogen and oxygen atoms in total. The molecular formula is C26H31N5O. The van der Waals surface area contributed by atoms with E-state index in [-0.39, 0.29) is 5.91 Å². The van der Waals surface area contributed by atoms with Crippen molar-refractivity contribution in [3.8, 4) is 16.9 Å². The van der Waals surface area contributed by atoms with E-state index in [1.54, 1.807) is 4.68 Å². The fraction of sp³-hybridized carbons (Fsp3) is 0.385. The van der Waals surface area contributed by atoms with Crippen molar-refractivity contribution in [1.82, 2.24) is 24.5 Å². The van der Waals surface area contributed by atoms with Crippen LogP contribution in [0.15, 0.2) is 66.7 Å². The van der Waals surface area contributed by atoms with E-state index in [2.05, 4.69) is 9.80 Å². The molecule has 32 heavy (non-hydrogen) atoms. The summed E-state index contributed by atoms with van der Waals surface area (Å²) in [6.07, 6.45) is 2.67. The molecule has 0 atom stereocenters. The number of benzene rings is 2. The van der Waals surface area contributed by atoms with E-state index in [0.717, 1.165) is 56.2 Å². The maximum absolute atomic E-state index is 13.6. The van der Waals surface area contributed by atoms with Crippen LogP contribution in [-0.2, 0) is 0 Å². The summed E-state index contributed by atoms with van der Waals surface area (Å²) in [7, 11) is 0. The first kappa shape index (κ1) is 20.9. The fourth-order valence-corrected chi connectivity index (χ4v) is 4.68. The second-order valence-electron chi connectivity index (χ2n) is 8.71. The van der Waals surface area contributed by atoms with Crippen LogP contribution in [-0.4, -0.2) is 82.7 Å². The average molecular weight is 430 g/mol. The van der Waals surface area contributed by atoms with E-state index in [4.69, 9.17) is 5.10 Å². The van der Waals surface area contributed by atoms with Crippen LogP contribution in [0.5, 0.6) is 0 Å². The van der Waals surface area contributed by atoms with Crippen LogP contribution in [0.2, 0.25) is 0 Å². The summed E-state index contributed by atoms with van der Waals surface area (Å²) in [4.78, 5) is 20.6. The molecule has 166 valence electrons. The first-order valence-electron chi connectivity index (χ1n) is 11.7. The zero-order valence-electron chi connectivity index (χ0n) is 18.6. The molecule has 0 saturated carbocycles. The number of piperazine rings is 1. The second-order valence-corrected chi connectivity index (χ2v) is 8.71. The Kier molecular flexibility index (Phi) is 6.32. The number of hydrogen-bond donors (Lipinski definition) is 0. The monoisotopic (exact) mass is 429 g/mol. The number of amides is 1. The number of para-hydroxylation sites is 1. The summed E-state index contributed by atoms with van der Waals surface area (Å²) in [5.41, 5.74) is 3.37. The molecule has 0 unspecified atom stereocenters. The number of rotatable bonds is 6. The Hall–Kier alpha value is -2.96. The van der Waals surface area contributed by atoms with E-state index in [1.165, 1.54) is 25.9 Å². The summed E-state index contributed by atoms with van der Waals surface area (Å²) in [5.74, 6) is 0.0581. The Morgan fingerprint density at radius 2 is 1.34 bits per heavy atom. The standard InChI is InChI=1S/C26H31N5O/c32-26(30-19-17-29(18-20-30)16-15-28-13-7-8-14-28)25-21-24(22-9-3-1-4-10-22)27-31(25)23-11-5-2-6-12-23/h1-6,9-12,21H,7-8,13-20H2. The summed E-state index contributed by atoms with van der Waals surface area (Å²) >= 11 is 0. The van der Waals surface area contributed by atoms with Gasteiger partial charge in [0.15, 0.2) is 0 Å². The molecule has 0 radical (unpaired) electrons. The predicted molar refractivity (Wildman–Crippen MR) is 127 cm³/mol. The third kappa shape index (κ3) is 4.61. The SMILES string of the molecule is O=C(c1cc(-c2ccccc2)nn1-c1ccccc1)N1CCN(CCN2CCCC2)CC1. The van der Waals surface area contributed by atoms with E-state index < -0.39 is 0 Å². The Bertz CT molecular complexity index is 1020. The molecule has 3 heterocycles. The zero-order chi connectivity index (χ0) is 21.8. The highest BCUT2D eigenvalue weighted by Gasteiger charge is 2.26. The number of carbonyl (C=O) groups excluding carboxylic acids is 1. The molecule has 2 aliphatic rings. The molecular weight excluding hydrogens is 398 g/mol. The van der Waals surface area contributed by atoms with Gasteiger partial charge in [0.25, 0.3) is 5.91 Å². The van der Waals surface area contributed by atoms with Gasteiger partial charge in [-0.2, -0.15) is 5.10 Å². The van der Waals surface area contributed by atoms with Crippen LogP contribution in [0.25, 0.3) is 16.9 Å². The van der Waals surface area contributed by atoms with Gasteiger partial charge in [0.1, 0.15) is 5.69 Å². The topological polar surface area (TPSA) is 44.6 Å². The molecule has 2 aliphatic heterocycles. The quantitative estimate of drug-likeness (QED) is 0.603. The molecule has 2 fully saturated rings. The maximum atomic E-state index is 13.6. The van der Waals surface area contributed by atoms with Gasteiger partial charge in [-0.05, 0) is 44.1 Å². The lowest BCUT2D eigenvalue weighted by molar-refractivity contribution is 0.0618. The first-order valence-corrected chi connectivity index (χ1v) is 11.7. The summed E-state index contributed by atoms with van der Waals surface area (Å²) in [6, 6.07) is 21.9. The highest BCUT2D eigenvalue weighted by molar-refractivity contribution is 5.94. The van der Waals surface area contributed by atoms with Gasteiger partial charge < -0.3 is 9.80 Å². The molecule has 0 bridgehead atoms. The lowest BCUT2D eigenvalue weighted by atomic mass is 10.1. The Morgan fingerprint density at radius 3 is 2.00 bits per heavy atom. The molecule has 1 aromatic heterocycles. The van der Waals surface area contributed by atoms with Gasteiger partial charge in [-0.1, -0.05) is 48.5 Å². The highest BCUT2D eigenvalue weighted by atomic mass is 16.2. The van der Waals surface area contributed by atoms with Crippen LogP contribution in [0.4, 0.5) is 0 Å². The largest absolute Gasteiger partial charge is 0.335 e. The van der Waals surface area contributed by atoms with E-state index >= 15 is 0 Å². The highest BCUT2D eigenvalue weighted by Crippen LogP contribution is 2.23. The van der Waals surface area contributed by atoms with Crippen molar-refractivity contribution in [2.75, 3.05) is 52.4 Å². The molecule has 0 spiro atoms. The number of likely N-dealkylation sites (tertiary alicyclic amines) is 1. The van der Waals surface area contributed by atoms with Crippen LogP contribution < -0.4 is 0 Å². The van der Waals surface area contributed by atoms with Crippen molar-refractivity contribution < 1.29 is 4.79 Å². The molecule has 1 amide bonds. The van der Waals surface area contributed by atoms with Gasteiger partial charge in [0, 0.05) is 44.8 Å². The minimum absolute atomic E-state index is 0.0581. The van der Waals surface area contributed by atoms with Gasteiger partial charge in [-0.25, -0.2) is 4.68 Å². The minimum atomic E-state index is 0.0581. The van der Waals surface area contributed by atoms with Crippen molar-refractivity contribution in [2.45, 2.75) is 12.8 Å². The molecule has 0 aliphatic carbocycles. The van der Waals surface area contributed by atoms with Crippen LogP contribution >= 0.6 is 0 Å². The average Bonchev–Trinajstić information content (AvgIpc) is 3.54. The van der Waals surface area contributed by atoms with Crippen molar-refractivity contribution in [2.24, 2.45) is 0 Å². The van der Waals surface area contributed by atoms with Crippen molar-refractivity contribution in [3.05, 3.63) is 72.4 Å². The Labute approximate surface area is 190 Å². The van der Waals surface area contributed by atoms with Gasteiger partial charge in [-0.15, -0.1) is 0 Å². The summed E-state index contributed by atoms with van der Waals surface area (Å²) in [6.45, 7) is 8.13. The van der Waals surface area contributed by atoms with Gasteiger partial charge >= 0.3 is 0 Å². The van der Waals surface area contributed by atoms with Crippen molar-refractivity contribution in [3.63, 3.8) is 0 Å². The molecule has 3 aromatic rings. The van der Waals surface area contributed by atoms with Crippen LogP contribution in [0, 0.1) is 0 Å². The second kappa shape index (κ2) is 9.67. The van der Waals surface area contributed by atoms with E-state index in [9.17, 15) is 4.79 Å². The van der Waals surface area contributed by atoms with Crippen LogP contribution in [0.3, 0.4) is 0 Å².